The van der Waals surface area contributed by atoms with Crippen molar-refractivity contribution in [2.45, 2.75) is 29.8 Å². The van der Waals surface area contributed by atoms with Crippen LogP contribution in [0.15, 0.2) is 76.2 Å². The molecule has 0 aliphatic heterocycles. The first-order valence-corrected chi connectivity index (χ1v) is 17.3. The van der Waals surface area contributed by atoms with Crippen LogP contribution in [-0.2, 0) is 20.8 Å². The number of hydrogen-bond acceptors (Lipinski definition) is 8. The molecule has 3 aromatic carbocycles. The number of aliphatic hydroxyl groups excluding tert-OH is 2. The van der Waals surface area contributed by atoms with Gasteiger partial charge in [0.25, 0.3) is 5.91 Å². The van der Waals surface area contributed by atoms with Crippen LogP contribution in [0.2, 0.25) is 10.0 Å². The fourth-order valence-corrected chi connectivity index (χ4v) is 7.64. The number of nitrogens with one attached hydrogen (secondary N) is 1. The van der Waals surface area contributed by atoms with E-state index in [-0.39, 0.29) is 38.7 Å². The quantitative estimate of drug-likeness (QED) is 0.149. The monoisotopic (exact) mass is 639 g/mol. The summed E-state index contributed by atoms with van der Waals surface area (Å²) >= 11 is 12.8. The molecule has 1 heterocycles. The first-order valence-electron chi connectivity index (χ1n) is 12.3. The first-order chi connectivity index (χ1) is 19.2. The SMILES string of the molecule is CP(=O)(CC(O)c1cc(Cl)c(C(=O)N[C@@H](Cc2cccc(S(C)(=O)=O)c2)C(O)O)c(Cl)c1)c1ccc2ccoc2c1. The molecule has 0 saturated heterocycles. The van der Waals surface area contributed by atoms with Crippen LogP contribution in [0.4, 0.5) is 0 Å². The van der Waals surface area contributed by atoms with Crippen LogP contribution < -0.4 is 10.6 Å². The number of benzene rings is 3. The predicted molar refractivity (Wildman–Crippen MR) is 158 cm³/mol. The molecule has 0 fully saturated rings. The maximum Gasteiger partial charge on any atom is 0.254 e. The summed E-state index contributed by atoms with van der Waals surface area (Å²) in [6.07, 6.45) is -0.851. The molecular formula is C28H28Cl2NO8PS. The largest absolute Gasteiger partial charge is 0.464 e. The molecule has 3 atom stereocenters. The summed E-state index contributed by atoms with van der Waals surface area (Å²) in [6, 6.07) is 14.3. The van der Waals surface area contributed by atoms with E-state index in [1.165, 1.54) is 36.6 Å². The van der Waals surface area contributed by atoms with E-state index in [2.05, 4.69) is 5.32 Å². The fraction of sp³-hybridized carbons (Fsp3) is 0.250. The van der Waals surface area contributed by atoms with Gasteiger partial charge in [0.2, 0.25) is 0 Å². The van der Waals surface area contributed by atoms with Gasteiger partial charge >= 0.3 is 0 Å². The average molecular weight is 640 g/mol. The number of rotatable bonds is 10. The van der Waals surface area contributed by atoms with E-state index in [4.69, 9.17) is 27.6 Å². The number of amides is 1. The lowest BCUT2D eigenvalue weighted by molar-refractivity contribution is -0.0647. The van der Waals surface area contributed by atoms with Crippen LogP contribution >= 0.6 is 30.3 Å². The summed E-state index contributed by atoms with van der Waals surface area (Å²) in [5.41, 5.74) is 1.10. The van der Waals surface area contributed by atoms with Crippen molar-refractivity contribution in [1.29, 1.82) is 0 Å². The summed E-state index contributed by atoms with van der Waals surface area (Å²) in [7, 11) is -6.55. The number of fused-ring (bicyclic) bond motifs is 1. The molecule has 0 saturated carbocycles. The molecule has 0 radical (unpaired) electrons. The van der Waals surface area contributed by atoms with Crippen LogP contribution in [0.3, 0.4) is 0 Å². The number of aliphatic hydroxyl groups is 3. The molecule has 13 heteroatoms. The van der Waals surface area contributed by atoms with Gasteiger partial charge in [0.05, 0.1) is 38.9 Å². The third kappa shape index (κ3) is 7.40. The molecule has 0 aliphatic rings. The summed E-state index contributed by atoms with van der Waals surface area (Å²) in [5.74, 6) is -0.814. The van der Waals surface area contributed by atoms with Crippen molar-refractivity contribution in [2.24, 2.45) is 0 Å². The highest BCUT2D eigenvalue weighted by atomic mass is 35.5. The molecule has 9 nitrogen and oxygen atoms in total. The molecular weight excluding hydrogens is 612 g/mol. The van der Waals surface area contributed by atoms with Crippen molar-refractivity contribution in [3.8, 4) is 0 Å². The average Bonchev–Trinajstić information content (AvgIpc) is 3.35. The van der Waals surface area contributed by atoms with Gasteiger partial charge in [-0.2, -0.15) is 0 Å². The Balaban J connectivity index is 1.51. The van der Waals surface area contributed by atoms with Gasteiger partial charge < -0.3 is 29.6 Å². The van der Waals surface area contributed by atoms with E-state index in [1.807, 2.05) is 0 Å². The highest BCUT2D eigenvalue weighted by Crippen LogP contribution is 2.45. The Labute approximate surface area is 247 Å². The van der Waals surface area contributed by atoms with Gasteiger partial charge in [-0.1, -0.05) is 47.5 Å². The number of hydrogen-bond donors (Lipinski definition) is 4. The molecule has 0 bridgehead atoms. The summed E-state index contributed by atoms with van der Waals surface area (Å²) in [6.45, 7) is 1.55. The number of halogens is 2. The molecule has 2 unspecified atom stereocenters. The zero-order valence-corrected chi connectivity index (χ0v) is 25.2. The van der Waals surface area contributed by atoms with E-state index in [0.29, 0.717) is 16.5 Å². The highest BCUT2D eigenvalue weighted by molar-refractivity contribution is 7.90. The van der Waals surface area contributed by atoms with Crippen molar-refractivity contribution < 1.29 is 37.5 Å². The van der Waals surface area contributed by atoms with Crippen molar-refractivity contribution in [3.05, 3.63) is 93.7 Å². The standard InChI is InChI=1S/C28H28Cl2NO8PS/c1-40(36,19-7-6-17-8-9-39-25(17)14-19)15-24(32)18-12-21(29)26(22(30)13-18)27(33)31-23(28(34)35)11-16-4-3-5-20(10-16)41(2,37)38/h3-10,12-14,23-24,28,32,34-35H,11,15H2,1-2H3,(H,31,33)/t23-,24?,40?/m0/s1. The Morgan fingerprint density at radius 3 is 2.34 bits per heavy atom. The van der Waals surface area contributed by atoms with E-state index in [9.17, 15) is 33.1 Å². The van der Waals surface area contributed by atoms with Gasteiger partial charge in [-0.25, -0.2) is 8.42 Å². The Hall–Kier alpha value is -2.69. The first kappa shape index (κ1) is 31.3. The number of carbonyl (C=O) groups excluding carboxylic acids is 1. The Kier molecular flexibility index (Phi) is 9.35. The maximum absolute atomic E-state index is 13.5. The smallest absolute Gasteiger partial charge is 0.254 e. The molecule has 4 aromatic rings. The third-order valence-electron chi connectivity index (χ3n) is 6.64. The molecule has 41 heavy (non-hydrogen) atoms. The van der Waals surface area contributed by atoms with Crippen LogP contribution in [0, 0.1) is 0 Å². The summed E-state index contributed by atoms with van der Waals surface area (Å²) in [4.78, 5) is 13.1. The molecule has 0 spiro atoms. The number of carbonyl (C=O) groups is 1. The lowest BCUT2D eigenvalue weighted by Gasteiger charge is -2.22. The van der Waals surface area contributed by atoms with Gasteiger partial charge in [-0.3, -0.25) is 4.79 Å². The topological polar surface area (TPSA) is 154 Å². The number of furan rings is 1. The van der Waals surface area contributed by atoms with Gasteiger partial charge in [0.1, 0.15) is 12.7 Å². The lowest BCUT2D eigenvalue weighted by Crippen LogP contribution is -2.45. The molecule has 1 aromatic heterocycles. The second kappa shape index (κ2) is 12.3. The normalized spacial score (nSPS) is 15.0. The second-order valence-electron chi connectivity index (χ2n) is 9.92. The van der Waals surface area contributed by atoms with Crippen molar-refractivity contribution in [2.75, 3.05) is 19.1 Å². The highest BCUT2D eigenvalue weighted by Gasteiger charge is 2.28. The summed E-state index contributed by atoms with van der Waals surface area (Å²) in [5, 5.41) is 34.3. The minimum absolute atomic E-state index is 0.0471. The van der Waals surface area contributed by atoms with Crippen LogP contribution in [0.5, 0.6) is 0 Å². The van der Waals surface area contributed by atoms with Crippen molar-refractivity contribution in [1.82, 2.24) is 5.32 Å². The van der Waals surface area contributed by atoms with Gasteiger partial charge in [-0.05, 0) is 60.6 Å². The van der Waals surface area contributed by atoms with Crippen molar-refractivity contribution in [3.63, 3.8) is 0 Å². The van der Waals surface area contributed by atoms with E-state index < -0.39 is 41.3 Å². The number of sulfone groups is 1. The Bertz CT molecular complexity index is 1730. The Morgan fingerprint density at radius 1 is 1.02 bits per heavy atom. The van der Waals surface area contributed by atoms with Crippen LogP contribution in [0.1, 0.15) is 27.6 Å². The van der Waals surface area contributed by atoms with Crippen molar-refractivity contribution >= 4 is 62.4 Å². The minimum atomic E-state index is -3.49. The fourth-order valence-electron chi connectivity index (χ4n) is 4.41. The van der Waals surface area contributed by atoms with Crippen LogP contribution in [0.25, 0.3) is 11.0 Å². The zero-order chi connectivity index (χ0) is 30.1. The molecule has 0 aliphatic carbocycles. The Morgan fingerprint density at radius 2 is 1.71 bits per heavy atom. The predicted octanol–water partition coefficient (Wildman–Crippen LogP) is 4.15. The molecule has 218 valence electrons. The summed E-state index contributed by atoms with van der Waals surface area (Å²) < 4.78 is 42.6. The lowest BCUT2D eigenvalue weighted by atomic mass is 10.0. The van der Waals surface area contributed by atoms with E-state index >= 15 is 0 Å². The van der Waals surface area contributed by atoms with Gasteiger partial charge in [-0.15, -0.1) is 0 Å². The zero-order valence-electron chi connectivity index (χ0n) is 22.0. The third-order valence-corrected chi connectivity index (χ3v) is 10.8. The van der Waals surface area contributed by atoms with Gasteiger partial charge in [0, 0.05) is 23.1 Å². The van der Waals surface area contributed by atoms with E-state index in [1.54, 1.807) is 37.0 Å². The van der Waals surface area contributed by atoms with Crippen LogP contribution in [-0.4, -0.2) is 61.1 Å². The minimum Gasteiger partial charge on any atom is -0.464 e. The second-order valence-corrected chi connectivity index (χ2v) is 15.8. The molecule has 4 N–H and O–H groups in total. The maximum atomic E-state index is 13.5. The van der Waals surface area contributed by atoms with Gasteiger partial charge in [0.15, 0.2) is 16.1 Å². The van der Waals surface area contributed by atoms with E-state index in [0.717, 1.165) is 11.6 Å². The molecule has 1 amide bonds. The molecule has 4 rings (SSSR count).